The van der Waals surface area contributed by atoms with Crippen LogP contribution in [-0.4, -0.2) is 59.8 Å². The first kappa shape index (κ1) is 20.6. The van der Waals surface area contributed by atoms with E-state index < -0.39 is 23.0 Å². The first-order valence-electron chi connectivity index (χ1n) is 8.29. The molecule has 7 nitrogen and oxygen atoms in total. The molecular weight excluding hydrogens is 310 g/mol. The Bertz CT molecular complexity index is 489. The number of hydrogen-bond acceptors (Lipinski definition) is 6. The highest BCUT2D eigenvalue weighted by Gasteiger charge is 2.34. The minimum Gasteiger partial charge on any atom is -0.400 e. The van der Waals surface area contributed by atoms with Crippen molar-refractivity contribution in [3.05, 3.63) is 11.8 Å². The summed E-state index contributed by atoms with van der Waals surface area (Å²) in [7, 11) is 1.88. The van der Waals surface area contributed by atoms with Crippen LogP contribution < -0.4 is 11.1 Å². The number of nitrogens with one attached hydrogen (secondary N) is 1. The van der Waals surface area contributed by atoms with E-state index in [0.717, 1.165) is 38.7 Å². The number of nitrogens with two attached hydrogens (primary N) is 1. The Labute approximate surface area is 144 Å². The van der Waals surface area contributed by atoms with Crippen molar-refractivity contribution >= 4 is 11.8 Å². The van der Waals surface area contributed by atoms with E-state index in [0.29, 0.717) is 5.92 Å². The van der Waals surface area contributed by atoms with Gasteiger partial charge in [-0.25, -0.2) is 0 Å². The fourth-order valence-corrected chi connectivity index (χ4v) is 2.34. The highest BCUT2D eigenvalue weighted by atomic mass is 16.5. The molecule has 1 fully saturated rings. The van der Waals surface area contributed by atoms with E-state index in [9.17, 15) is 14.7 Å². The number of nitrogens with zero attached hydrogens (tertiary/aromatic N) is 1. The Hall–Kier alpha value is -1.44. The Morgan fingerprint density at radius 1 is 1.29 bits per heavy atom. The lowest BCUT2D eigenvalue weighted by atomic mass is 9.95. The molecule has 0 atom stereocenters. The van der Waals surface area contributed by atoms with E-state index in [-0.39, 0.29) is 5.70 Å². The van der Waals surface area contributed by atoms with Gasteiger partial charge in [0.1, 0.15) is 0 Å². The van der Waals surface area contributed by atoms with E-state index in [1.807, 2.05) is 11.9 Å². The van der Waals surface area contributed by atoms with Gasteiger partial charge >= 0.3 is 0 Å². The zero-order valence-corrected chi connectivity index (χ0v) is 15.4. The fourth-order valence-electron chi connectivity index (χ4n) is 2.34. The van der Waals surface area contributed by atoms with Crippen LogP contribution in [0.3, 0.4) is 0 Å². The van der Waals surface area contributed by atoms with Crippen molar-refractivity contribution in [3.63, 3.8) is 0 Å². The second-order valence-electron chi connectivity index (χ2n) is 7.47. The predicted molar refractivity (Wildman–Crippen MR) is 92.0 cm³/mol. The van der Waals surface area contributed by atoms with Crippen LogP contribution in [0.15, 0.2) is 11.8 Å². The summed E-state index contributed by atoms with van der Waals surface area (Å²) in [4.78, 5) is 26.3. The van der Waals surface area contributed by atoms with Gasteiger partial charge in [-0.1, -0.05) is 0 Å². The highest BCUT2D eigenvalue weighted by molar-refractivity contribution is 6.04. The lowest BCUT2D eigenvalue weighted by molar-refractivity contribution is -0.135. The zero-order valence-electron chi connectivity index (χ0n) is 15.4. The van der Waals surface area contributed by atoms with Crippen molar-refractivity contribution in [1.82, 2.24) is 10.2 Å². The van der Waals surface area contributed by atoms with Gasteiger partial charge in [-0.2, -0.15) is 0 Å². The molecule has 1 saturated heterocycles. The molecule has 2 amide bonds. The molecule has 0 aliphatic carbocycles. The van der Waals surface area contributed by atoms with Crippen molar-refractivity contribution in [3.8, 4) is 0 Å². The Kier molecular flexibility index (Phi) is 6.95. The number of rotatable bonds is 6. The largest absolute Gasteiger partial charge is 0.400 e. The van der Waals surface area contributed by atoms with Crippen LogP contribution in [0.4, 0.5) is 0 Å². The summed E-state index contributed by atoms with van der Waals surface area (Å²) in [6.45, 7) is 8.77. The fraction of sp³-hybridized carbons (Fsp3) is 0.765. The number of carbonyl (C=O) groups excluding carboxylic acids is 2. The molecule has 0 saturated carbocycles. The van der Waals surface area contributed by atoms with Crippen LogP contribution in [0.25, 0.3) is 0 Å². The van der Waals surface area contributed by atoms with Gasteiger partial charge in [-0.15, -0.1) is 0 Å². The Morgan fingerprint density at radius 3 is 2.33 bits per heavy atom. The third kappa shape index (κ3) is 5.89. The number of ether oxygens (including phenoxy) is 1. The van der Waals surface area contributed by atoms with Crippen LogP contribution in [0, 0.1) is 5.92 Å². The predicted octanol–water partition coefficient (Wildman–Crippen LogP) is 0.380. The lowest BCUT2D eigenvalue weighted by Crippen LogP contribution is -2.55. The summed E-state index contributed by atoms with van der Waals surface area (Å²) < 4.78 is 5.35. The van der Waals surface area contributed by atoms with Gasteiger partial charge in [0.2, 0.25) is 5.91 Å². The topological polar surface area (TPSA) is 105 Å². The minimum absolute atomic E-state index is 0.00108. The van der Waals surface area contributed by atoms with Gasteiger partial charge < -0.3 is 15.6 Å². The monoisotopic (exact) mass is 341 g/mol. The van der Waals surface area contributed by atoms with Crippen LogP contribution >= 0.6 is 0 Å². The summed E-state index contributed by atoms with van der Waals surface area (Å²) >= 11 is 0. The first-order valence-corrected chi connectivity index (χ1v) is 8.29. The van der Waals surface area contributed by atoms with Crippen LogP contribution in [-0.2, 0) is 14.3 Å². The molecule has 1 aliphatic rings. The molecule has 0 unspecified atom stereocenters. The molecule has 1 heterocycles. The van der Waals surface area contributed by atoms with Gasteiger partial charge in [-0.05, 0) is 53.5 Å². The smallest absolute Gasteiger partial charge is 0.252 e. The summed E-state index contributed by atoms with van der Waals surface area (Å²) in [6, 6.07) is 0. The normalized spacial score (nSPS) is 17.9. The molecular formula is C17H31N3O4. The van der Waals surface area contributed by atoms with E-state index >= 15 is 0 Å². The summed E-state index contributed by atoms with van der Waals surface area (Å²) in [5.41, 5.74) is 3.49. The maximum absolute atomic E-state index is 12.5. The van der Waals surface area contributed by atoms with E-state index in [1.165, 1.54) is 13.8 Å². The SMILES string of the molecule is CN(CC1CCOCC1)C(C)(C)C(=O)NC(=O)C=C(N)C(C)(C)O. The van der Waals surface area contributed by atoms with Crippen LogP contribution in [0.2, 0.25) is 0 Å². The van der Waals surface area contributed by atoms with Gasteiger partial charge in [0.05, 0.1) is 11.1 Å². The molecule has 0 bridgehead atoms. The number of amides is 2. The van der Waals surface area contributed by atoms with Gasteiger partial charge in [0.25, 0.3) is 5.91 Å². The van der Waals surface area contributed by atoms with E-state index in [2.05, 4.69) is 5.32 Å². The number of imide groups is 1. The molecule has 0 aromatic carbocycles. The van der Waals surface area contributed by atoms with Crippen molar-refractivity contribution in [2.24, 2.45) is 11.7 Å². The Balaban J connectivity index is 2.64. The molecule has 138 valence electrons. The zero-order chi connectivity index (χ0) is 18.5. The second kappa shape index (κ2) is 8.09. The minimum atomic E-state index is -1.31. The lowest BCUT2D eigenvalue weighted by Gasteiger charge is -2.37. The van der Waals surface area contributed by atoms with E-state index in [4.69, 9.17) is 10.5 Å². The summed E-state index contributed by atoms with van der Waals surface area (Å²) in [5, 5.41) is 12.1. The molecule has 0 aromatic rings. The van der Waals surface area contributed by atoms with Crippen molar-refractivity contribution < 1.29 is 19.4 Å². The molecule has 1 rings (SSSR count). The highest BCUT2D eigenvalue weighted by Crippen LogP contribution is 2.20. The maximum Gasteiger partial charge on any atom is 0.252 e. The molecule has 1 aliphatic heterocycles. The molecule has 4 N–H and O–H groups in total. The average molecular weight is 341 g/mol. The maximum atomic E-state index is 12.5. The van der Waals surface area contributed by atoms with Crippen molar-refractivity contribution in [2.75, 3.05) is 26.8 Å². The van der Waals surface area contributed by atoms with Gasteiger partial charge in [0, 0.05) is 31.5 Å². The molecule has 0 aromatic heterocycles. The molecule has 24 heavy (non-hydrogen) atoms. The molecule has 0 radical (unpaired) electrons. The van der Waals surface area contributed by atoms with Crippen LogP contribution in [0.1, 0.15) is 40.5 Å². The first-order chi connectivity index (χ1) is 10.9. The average Bonchev–Trinajstić information content (AvgIpc) is 2.46. The van der Waals surface area contributed by atoms with Crippen molar-refractivity contribution in [1.29, 1.82) is 0 Å². The quantitative estimate of drug-likeness (QED) is 0.603. The molecule has 7 heteroatoms. The van der Waals surface area contributed by atoms with E-state index in [1.54, 1.807) is 13.8 Å². The number of hydrogen-bond donors (Lipinski definition) is 3. The molecule has 0 spiro atoms. The summed E-state index contributed by atoms with van der Waals surface area (Å²) in [5.74, 6) is -0.550. The van der Waals surface area contributed by atoms with Gasteiger partial charge in [-0.3, -0.25) is 19.8 Å². The number of carbonyl (C=O) groups is 2. The second-order valence-corrected chi connectivity index (χ2v) is 7.47. The Morgan fingerprint density at radius 2 is 1.83 bits per heavy atom. The number of likely N-dealkylation sites (N-methyl/N-ethyl adjacent to an activating group) is 1. The summed E-state index contributed by atoms with van der Waals surface area (Å²) in [6.07, 6.45) is 3.00. The third-order valence-corrected chi connectivity index (χ3v) is 4.61. The third-order valence-electron chi connectivity index (χ3n) is 4.61. The van der Waals surface area contributed by atoms with Crippen molar-refractivity contribution in [2.45, 2.75) is 51.7 Å². The van der Waals surface area contributed by atoms with Gasteiger partial charge in [0.15, 0.2) is 0 Å². The standard InChI is InChI=1S/C17H31N3O4/c1-16(2,20(5)11-12-6-8-24-9-7-12)15(22)19-14(21)10-13(18)17(3,4)23/h10,12,23H,6-9,11,18H2,1-5H3,(H,19,21,22). The van der Waals surface area contributed by atoms with Crippen LogP contribution in [0.5, 0.6) is 0 Å². The number of aliphatic hydroxyl groups is 1.